The van der Waals surface area contributed by atoms with Crippen molar-refractivity contribution < 1.29 is 9.53 Å². The molecule has 1 rings (SSSR count). The molecule has 0 radical (unpaired) electrons. The van der Waals surface area contributed by atoms with Gasteiger partial charge < -0.3 is 4.74 Å². The van der Waals surface area contributed by atoms with E-state index in [9.17, 15) is 4.79 Å². The maximum atomic E-state index is 12.4. The van der Waals surface area contributed by atoms with Crippen molar-refractivity contribution in [3.05, 3.63) is 0 Å². The highest BCUT2D eigenvalue weighted by Crippen LogP contribution is 2.30. The lowest BCUT2D eigenvalue weighted by molar-refractivity contribution is -0.135. The SMILES string of the molecule is CCOC(C(=O)CCC(C)(C)C)C1CCCCC1. The molecule has 0 heterocycles. The molecule has 2 nitrogen and oxygen atoms in total. The van der Waals surface area contributed by atoms with Gasteiger partial charge in [-0.05, 0) is 37.5 Å². The lowest BCUT2D eigenvalue weighted by Gasteiger charge is -2.29. The summed E-state index contributed by atoms with van der Waals surface area (Å²) in [6.07, 6.45) is 7.70. The quantitative estimate of drug-likeness (QED) is 0.703. The minimum atomic E-state index is -0.127. The third-order valence-corrected chi connectivity index (χ3v) is 3.86. The fraction of sp³-hybridized carbons (Fsp3) is 0.938. The molecule has 0 aromatic carbocycles. The first-order valence-electron chi connectivity index (χ1n) is 7.58. The smallest absolute Gasteiger partial charge is 0.161 e. The molecule has 0 aromatic heterocycles. The van der Waals surface area contributed by atoms with Crippen molar-refractivity contribution in [1.29, 1.82) is 0 Å². The lowest BCUT2D eigenvalue weighted by Crippen LogP contribution is -2.34. The Morgan fingerprint density at radius 3 is 2.33 bits per heavy atom. The van der Waals surface area contributed by atoms with E-state index in [1.807, 2.05) is 6.92 Å². The van der Waals surface area contributed by atoms with E-state index < -0.39 is 0 Å². The predicted octanol–water partition coefficient (Wildman–Crippen LogP) is 4.37. The van der Waals surface area contributed by atoms with Crippen molar-refractivity contribution in [3.63, 3.8) is 0 Å². The average molecular weight is 254 g/mol. The van der Waals surface area contributed by atoms with Gasteiger partial charge in [-0.3, -0.25) is 4.79 Å². The van der Waals surface area contributed by atoms with Gasteiger partial charge in [-0.2, -0.15) is 0 Å². The molecule has 1 aliphatic carbocycles. The van der Waals surface area contributed by atoms with Crippen molar-refractivity contribution in [2.75, 3.05) is 6.61 Å². The minimum absolute atomic E-state index is 0.127. The van der Waals surface area contributed by atoms with Crippen molar-refractivity contribution in [1.82, 2.24) is 0 Å². The molecule has 0 bridgehead atoms. The maximum Gasteiger partial charge on any atom is 0.161 e. The number of carbonyl (C=O) groups excluding carboxylic acids is 1. The molecule has 0 amide bonds. The summed E-state index contributed by atoms with van der Waals surface area (Å²) in [6.45, 7) is 9.22. The number of ketones is 1. The van der Waals surface area contributed by atoms with Crippen LogP contribution in [0.3, 0.4) is 0 Å². The second-order valence-corrected chi connectivity index (χ2v) is 6.80. The second kappa shape index (κ2) is 7.28. The van der Waals surface area contributed by atoms with Gasteiger partial charge in [-0.15, -0.1) is 0 Å². The normalized spacial score (nSPS) is 19.8. The van der Waals surface area contributed by atoms with Gasteiger partial charge in [0.2, 0.25) is 0 Å². The van der Waals surface area contributed by atoms with Gasteiger partial charge >= 0.3 is 0 Å². The molecule has 0 spiro atoms. The zero-order chi connectivity index (χ0) is 13.6. The summed E-state index contributed by atoms with van der Waals surface area (Å²) in [7, 11) is 0. The summed E-state index contributed by atoms with van der Waals surface area (Å²) in [5.41, 5.74) is 0.235. The highest BCUT2D eigenvalue weighted by molar-refractivity contribution is 5.83. The molecular formula is C16H30O2. The molecule has 2 heteroatoms. The van der Waals surface area contributed by atoms with E-state index in [-0.39, 0.29) is 11.5 Å². The van der Waals surface area contributed by atoms with E-state index in [1.165, 1.54) is 32.1 Å². The highest BCUT2D eigenvalue weighted by Gasteiger charge is 2.30. The Morgan fingerprint density at radius 2 is 1.83 bits per heavy atom. The van der Waals surface area contributed by atoms with Crippen LogP contribution in [0.25, 0.3) is 0 Å². The number of hydrogen-bond acceptors (Lipinski definition) is 2. The van der Waals surface area contributed by atoms with Crippen molar-refractivity contribution >= 4 is 5.78 Å². The molecule has 1 saturated carbocycles. The molecule has 1 fully saturated rings. The van der Waals surface area contributed by atoms with E-state index in [1.54, 1.807) is 0 Å². The number of carbonyl (C=O) groups is 1. The fourth-order valence-corrected chi connectivity index (χ4v) is 2.75. The van der Waals surface area contributed by atoms with Gasteiger partial charge in [-0.25, -0.2) is 0 Å². The molecule has 18 heavy (non-hydrogen) atoms. The molecule has 106 valence electrons. The zero-order valence-electron chi connectivity index (χ0n) is 12.6. The maximum absolute atomic E-state index is 12.4. The second-order valence-electron chi connectivity index (χ2n) is 6.80. The van der Waals surface area contributed by atoms with Crippen LogP contribution in [0.2, 0.25) is 0 Å². The Hall–Kier alpha value is -0.370. The summed E-state index contributed by atoms with van der Waals surface area (Å²) in [6, 6.07) is 0. The van der Waals surface area contributed by atoms with Crippen LogP contribution in [-0.2, 0) is 9.53 Å². The summed E-state index contributed by atoms with van der Waals surface area (Å²) >= 11 is 0. The Balaban J connectivity index is 2.51. The van der Waals surface area contributed by atoms with Crippen molar-refractivity contribution in [2.45, 2.75) is 78.7 Å². The highest BCUT2D eigenvalue weighted by atomic mass is 16.5. The van der Waals surface area contributed by atoms with Gasteiger partial charge in [0.25, 0.3) is 0 Å². The van der Waals surface area contributed by atoms with Crippen LogP contribution in [0.5, 0.6) is 0 Å². The summed E-state index contributed by atoms with van der Waals surface area (Å²) in [4.78, 5) is 12.4. The fourth-order valence-electron chi connectivity index (χ4n) is 2.75. The lowest BCUT2D eigenvalue weighted by atomic mass is 9.81. The Labute approximate surface area is 112 Å². The monoisotopic (exact) mass is 254 g/mol. The molecule has 0 saturated heterocycles. The molecule has 0 aromatic rings. The van der Waals surface area contributed by atoms with Crippen LogP contribution < -0.4 is 0 Å². The molecular weight excluding hydrogens is 224 g/mol. The van der Waals surface area contributed by atoms with E-state index >= 15 is 0 Å². The standard InChI is InChI=1S/C16H30O2/c1-5-18-15(13-9-7-6-8-10-13)14(17)11-12-16(2,3)4/h13,15H,5-12H2,1-4H3. The van der Waals surface area contributed by atoms with Gasteiger partial charge in [0.05, 0.1) is 0 Å². The van der Waals surface area contributed by atoms with E-state index in [0.29, 0.717) is 24.7 Å². The van der Waals surface area contributed by atoms with Gasteiger partial charge in [-0.1, -0.05) is 40.0 Å². The number of ether oxygens (including phenoxy) is 1. The Bertz CT molecular complexity index is 246. The first-order valence-corrected chi connectivity index (χ1v) is 7.58. The Kier molecular flexibility index (Phi) is 6.34. The molecule has 0 aliphatic heterocycles. The topological polar surface area (TPSA) is 26.3 Å². The first-order chi connectivity index (χ1) is 8.44. The van der Waals surface area contributed by atoms with Crippen LogP contribution in [0.4, 0.5) is 0 Å². The third-order valence-electron chi connectivity index (χ3n) is 3.86. The van der Waals surface area contributed by atoms with Gasteiger partial charge in [0.15, 0.2) is 5.78 Å². The van der Waals surface area contributed by atoms with E-state index in [2.05, 4.69) is 20.8 Å². The molecule has 1 aliphatic rings. The van der Waals surface area contributed by atoms with E-state index in [0.717, 1.165) is 6.42 Å². The Morgan fingerprint density at radius 1 is 1.22 bits per heavy atom. The van der Waals surface area contributed by atoms with Crippen LogP contribution >= 0.6 is 0 Å². The van der Waals surface area contributed by atoms with Gasteiger partial charge in [0, 0.05) is 13.0 Å². The number of rotatable bonds is 6. The van der Waals surface area contributed by atoms with E-state index in [4.69, 9.17) is 4.74 Å². The predicted molar refractivity (Wildman–Crippen MR) is 75.7 cm³/mol. The van der Waals surface area contributed by atoms with Crippen LogP contribution in [0.1, 0.15) is 72.6 Å². The average Bonchev–Trinajstić information content (AvgIpc) is 2.33. The van der Waals surface area contributed by atoms with Crippen molar-refractivity contribution in [3.8, 4) is 0 Å². The van der Waals surface area contributed by atoms with Gasteiger partial charge in [0.1, 0.15) is 6.10 Å². The summed E-state index contributed by atoms with van der Waals surface area (Å²) in [5.74, 6) is 0.810. The third kappa shape index (κ3) is 5.51. The van der Waals surface area contributed by atoms with Crippen molar-refractivity contribution in [2.24, 2.45) is 11.3 Å². The molecule has 0 N–H and O–H groups in total. The first kappa shape index (κ1) is 15.7. The van der Waals surface area contributed by atoms with Crippen LogP contribution in [-0.4, -0.2) is 18.5 Å². The van der Waals surface area contributed by atoms with Crippen LogP contribution in [0, 0.1) is 11.3 Å². The number of hydrogen-bond donors (Lipinski definition) is 0. The zero-order valence-corrected chi connectivity index (χ0v) is 12.6. The molecule has 1 atom stereocenters. The minimum Gasteiger partial charge on any atom is -0.370 e. The largest absolute Gasteiger partial charge is 0.370 e. The summed E-state index contributed by atoms with van der Waals surface area (Å²) in [5, 5.41) is 0. The number of Topliss-reactive ketones (excluding diaryl/α,β-unsaturated/α-hetero) is 1. The molecule has 1 unspecified atom stereocenters. The van der Waals surface area contributed by atoms with Crippen LogP contribution in [0.15, 0.2) is 0 Å². The summed E-state index contributed by atoms with van der Waals surface area (Å²) < 4.78 is 5.76.